The summed E-state index contributed by atoms with van der Waals surface area (Å²) in [5.41, 5.74) is 3.66. The molecule has 140 valence electrons. The molecule has 1 amide bonds. The van der Waals surface area contributed by atoms with Gasteiger partial charge in [-0.15, -0.1) is 11.8 Å². The molecule has 0 radical (unpaired) electrons. The van der Waals surface area contributed by atoms with E-state index in [1.54, 1.807) is 18.9 Å². The fourth-order valence-electron chi connectivity index (χ4n) is 2.63. The first-order chi connectivity index (χ1) is 12.5. The maximum Gasteiger partial charge on any atom is 0.230 e. The first-order valence-electron chi connectivity index (χ1n) is 8.70. The molecule has 2 aromatic carbocycles. The quantitative estimate of drug-likeness (QED) is 0.729. The Morgan fingerprint density at radius 2 is 1.77 bits per heavy atom. The van der Waals surface area contributed by atoms with Crippen LogP contribution in [0.15, 0.2) is 48.5 Å². The molecular weight excluding hydrogens is 344 g/mol. The van der Waals surface area contributed by atoms with Gasteiger partial charge in [-0.3, -0.25) is 4.79 Å². The topological polar surface area (TPSA) is 41.6 Å². The predicted molar refractivity (Wildman–Crippen MR) is 110 cm³/mol. The molecule has 0 aromatic heterocycles. The number of nitrogens with one attached hydrogen (secondary N) is 1. The molecule has 1 N–H and O–H groups in total. The second-order valence-corrected chi connectivity index (χ2v) is 7.52. The number of thioether (sulfide) groups is 1. The van der Waals surface area contributed by atoms with Crippen LogP contribution in [0.3, 0.4) is 0 Å². The van der Waals surface area contributed by atoms with E-state index >= 15 is 0 Å². The number of aryl methyl sites for hydroxylation is 1. The highest BCUT2D eigenvalue weighted by Crippen LogP contribution is 2.21. The van der Waals surface area contributed by atoms with E-state index in [1.807, 2.05) is 38.4 Å². The van der Waals surface area contributed by atoms with Gasteiger partial charge in [-0.05, 0) is 44.3 Å². The minimum atomic E-state index is 0.0717. The summed E-state index contributed by atoms with van der Waals surface area (Å²) >= 11 is 1.64. The summed E-state index contributed by atoms with van der Waals surface area (Å²) in [6.45, 7) is 2.66. The highest BCUT2D eigenvalue weighted by molar-refractivity contribution is 7.99. The Morgan fingerprint density at radius 1 is 1.12 bits per heavy atom. The summed E-state index contributed by atoms with van der Waals surface area (Å²) in [6, 6.07) is 16.6. The third-order valence-corrected chi connectivity index (χ3v) is 5.24. The van der Waals surface area contributed by atoms with Gasteiger partial charge in [0.1, 0.15) is 5.75 Å². The Hall–Kier alpha value is -1.98. The number of benzene rings is 2. The highest BCUT2D eigenvalue weighted by Gasteiger charge is 2.15. The number of nitrogens with zero attached hydrogens (tertiary/aromatic N) is 1. The lowest BCUT2D eigenvalue weighted by Gasteiger charge is -2.25. The summed E-state index contributed by atoms with van der Waals surface area (Å²) in [5, 5.41) is 3.05. The first kappa shape index (κ1) is 20.3. The number of hydrogen-bond acceptors (Lipinski definition) is 4. The zero-order valence-corrected chi connectivity index (χ0v) is 16.8. The smallest absolute Gasteiger partial charge is 0.230 e. The average Bonchev–Trinajstić information content (AvgIpc) is 2.64. The normalized spacial score (nSPS) is 12.0. The van der Waals surface area contributed by atoms with Crippen molar-refractivity contribution >= 4 is 17.7 Å². The number of ether oxygens (including phenoxy) is 1. The number of rotatable bonds is 9. The van der Waals surface area contributed by atoms with Crippen LogP contribution in [0.25, 0.3) is 0 Å². The van der Waals surface area contributed by atoms with Gasteiger partial charge in [0.05, 0.1) is 18.9 Å². The number of likely N-dealkylation sites (N-methyl/N-ethyl adjacent to an activating group) is 1. The van der Waals surface area contributed by atoms with E-state index in [0.717, 1.165) is 17.1 Å². The van der Waals surface area contributed by atoms with Gasteiger partial charge in [0, 0.05) is 12.3 Å². The van der Waals surface area contributed by atoms with Crippen LogP contribution in [0.1, 0.15) is 22.7 Å². The molecule has 2 rings (SSSR count). The number of carbonyl (C=O) groups is 1. The van der Waals surface area contributed by atoms with Crippen LogP contribution in [-0.2, 0) is 10.5 Å². The Balaban J connectivity index is 1.80. The van der Waals surface area contributed by atoms with Crippen molar-refractivity contribution < 1.29 is 9.53 Å². The van der Waals surface area contributed by atoms with Gasteiger partial charge in [0.2, 0.25) is 5.91 Å². The molecule has 0 saturated heterocycles. The van der Waals surface area contributed by atoms with E-state index in [9.17, 15) is 4.79 Å². The fraction of sp³-hybridized carbons (Fsp3) is 0.381. The summed E-state index contributed by atoms with van der Waals surface area (Å²) in [5.74, 6) is 2.23. The Morgan fingerprint density at radius 3 is 2.35 bits per heavy atom. The zero-order valence-electron chi connectivity index (χ0n) is 16.0. The molecule has 0 aliphatic heterocycles. The SMILES string of the molecule is COc1ccc(C(CNC(=O)CSCc2ccc(C)cc2)N(C)C)cc1. The molecule has 0 heterocycles. The summed E-state index contributed by atoms with van der Waals surface area (Å²) in [4.78, 5) is 14.3. The van der Waals surface area contributed by atoms with Gasteiger partial charge in [-0.2, -0.15) is 0 Å². The third kappa shape index (κ3) is 6.39. The molecule has 0 spiro atoms. The van der Waals surface area contributed by atoms with E-state index in [2.05, 4.69) is 41.4 Å². The lowest BCUT2D eigenvalue weighted by Crippen LogP contribution is -2.35. The van der Waals surface area contributed by atoms with Gasteiger partial charge >= 0.3 is 0 Å². The molecule has 0 fully saturated rings. The summed E-state index contributed by atoms with van der Waals surface area (Å²) in [7, 11) is 5.70. The second kappa shape index (κ2) is 10.2. The van der Waals surface area contributed by atoms with Crippen LogP contribution in [-0.4, -0.2) is 44.3 Å². The summed E-state index contributed by atoms with van der Waals surface area (Å²) in [6.07, 6.45) is 0. The number of carbonyl (C=O) groups excluding carboxylic acids is 1. The van der Waals surface area contributed by atoms with Crippen LogP contribution in [0, 0.1) is 6.92 Å². The van der Waals surface area contributed by atoms with Crippen LogP contribution in [0.4, 0.5) is 0 Å². The Bertz CT molecular complexity index is 684. The maximum absolute atomic E-state index is 12.2. The molecule has 1 unspecified atom stereocenters. The molecule has 0 saturated carbocycles. The highest BCUT2D eigenvalue weighted by atomic mass is 32.2. The van der Waals surface area contributed by atoms with Crippen LogP contribution in [0.5, 0.6) is 5.75 Å². The largest absolute Gasteiger partial charge is 0.497 e. The van der Waals surface area contributed by atoms with Gasteiger partial charge < -0.3 is 15.0 Å². The number of amides is 1. The van der Waals surface area contributed by atoms with Gasteiger partial charge in [0.25, 0.3) is 0 Å². The number of hydrogen-bond donors (Lipinski definition) is 1. The first-order valence-corrected chi connectivity index (χ1v) is 9.85. The van der Waals surface area contributed by atoms with Crippen molar-refractivity contribution in [1.29, 1.82) is 0 Å². The van der Waals surface area contributed by atoms with Crippen molar-refractivity contribution in [3.05, 3.63) is 65.2 Å². The standard InChI is InChI=1S/C21H28N2O2S/c1-16-5-7-17(8-6-16)14-26-15-21(24)22-13-20(23(2)3)18-9-11-19(25-4)12-10-18/h5-12,20H,13-15H2,1-4H3,(H,22,24). The van der Waals surface area contributed by atoms with Crippen LogP contribution in [0.2, 0.25) is 0 Å². The van der Waals surface area contributed by atoms with Crippen molar-refractivity contribution in [1.82, 2.24) is 10.2 Å². The average molecular weight is 373 g/mol. The Kier molecular flexibility index (Phi) is 8.01. The molecule has 0 aliphatic rings. The van der Waals surface area contributed by atoms with E-state index in [1.165, 1.54) is 11.1 Å². The third-order valence-electron chi connectivity index (χ3n) is 4.24. The van der Waals surface area contributed by atoms with E-state index < -0.39 is 0 Å². The van der Waals surface area contributed by atoms with E-state index in [0.29, 0.717) is 12.3 Å². The second-order valence-electron chi connectivity index (χ2n) is 6.54. The molecule has 2 aromatic rings. The lowest BCUT2D eigenvalue weighted by atomic mass is 10.1. The van der Waals surface area contributed by atoms with Gasteiger partial charge in [-0.25, -0.2) is 0 Å². The van der Waals surface area contributed by atoms with Gasteiger partial charge in [-0.1, -0.05) is 42.0 Å². The molecule has 4 nitrogen and oxygen atoms in total. The minimum absolute atomic E-state index is 0.0717. The van der Waals surface area contributed by atoms with E-state index in [-0.39, 0.29) is 11.9 Å². The van der Waals surface area contributed by atoms with Crippen molar-refractivity contribution in [3.63, 3.8) is 0 Å². The fourth-order valence-corrected chi connectivity index (χ4v) is 3.45. The van der Waals surface area contributed by atoms with Crippen molar-refractivity contribution in [2.75, 3.05) is 33.5 Å². The molecular formula is C21H28N2O2S. The monoisotopic (exact) mass is 372 g/mol. The van der Waals surface area contributed by atoms with Crippen molar-refractivity contribution in [2.45, 2.75) is 18.7 Å². The van der Waals surface area contributed by atoms with Crippen LogP contribution < -0.4 is 10.1 Å². The predicted octanol–water partition coefficient (Wildman–Crippen LogP) is 3.66. The number of methoxy groups -OCH3 is 1. The molecule has 0 aliphatic carbocycles. The van der Waals surface area contributed by atoms with Crippen molar-refractivity contribution in [2.24, 2.45) is 0 Å². The van der Waals surface area contributed by atoms with E-state index in [4.69, 9.17) is 4.74 Å². The molecule has 0 bridgehead atoms. The minimum Gasteiger partial charge on any atom is -0.497 e. The molecule has 1 atom stereocenters. The van der Waals surface area contributed by atoms with Crippen LogP contribution >= 0.6 is 11.8 Å². The maximum atomic E-state index is 12.2. The zero-order chi connectivity index (χ0) is 18.9. The van der Waals surface area contributed by atoms with Gasteiger partial charge in [0.15, 0.2) is 0 Å². The summed E-state index contributed by atoms with van der Waals surface area (Å²) < 4.78 is 5.21. The molecule has 26 heavy (non-hydrogen) atoms. The lowest BCUT2D eigenvalue weighted by molar-refractivity contribution is -0.118. The van der Waals surface area contributed by atoms with Crippen molar-refractivity contribution in [3.8, 4) is 5.75 Å². The molecule has 5 heteroatoms. The Labute approximate surface area is 160 Å².